The Morgan fingerprint density at radius 3 is 0.969 bits per heavy atom. The largest absolute Gasteiger partial charge is 0.0843 e. The van der Waals surface area contributed by atoms with Gasteiger partial charge in [0.25, 0.3) is 0 Å². The Labute approximate surface area is 201 Å². The highest BCUT2D eigenvalue weighted by Crippen LogP contribution is 2.38. The molecule has 0 aliphatic carbocycles. The second kappa shape index (κ2) is 10.3. The summed E-state index contributed by atoms with van der Waals surface area (Å²) in [7, 11) is 0. The Kier molecular flexibility index (Phi) is 7.88. The molecule has 0 saturated heterocycles. The van der Waals surface area contributed by atoms with Gasteiger partial charge in [-0.2, -0.15) is 0 Å². The third kappa shape index (κ3) is 5.65. The van der Waals surface area contributed by atoms with Crippen LogP contribution in [0.25, 0.3) is 0 Å². The van der Waals surface area contributed by atoms with Crippen LogP contribution < -0.4 is 0 Å². The standard InChI is InChI=1S/C31H39Cl/c1-19(2)24-13-25(20(3)4)16-28(15-24)31(23-9-11-30(32)12-10-23)29-17-26(21(5)6)14-27(18-29)22(7)8/h9-22,31H,1-8H3. The highest BCUT2D eigenvalue weighted by Gasteiger charge is 2.21. The first kappa shape index (κ1) is 24.6. The Morgan fingerprint density at radius 2 is 0.688 bits per heavy atom. The zero-order valence-electron chi connectivity index (χ0n) is 21.0. The molecule has 170 valence electrons. The van der Waals surface area contributed by atoms with E-state index in [1.54, 1.807) is 0 Å². The maximum absolute atomic E-state index is 6.28. The van der Waals surface area contributed by atoms with Crippen molar-refractivity contribution in [3.05, 3.63) is 105 Å². The molecule has 0 aliphatic rings. The zero-order valence-corrected chi connectivity index (χ0v) is 21.8. The molecule has 32 heavy (non-hydrogen) atoms. The highest BCUT2D eigenvalue weighted by molar-refractivity contribution is 6.30. The van der Waals surface area contributed by atoms with Crippen LogP contribution in [-0.4, -0.2) is 0 Å². The third-order valence-electron chi connectivity index (χ3n) is 6.54. The highest BCUT2D eigenvalue weighted by atomic mass is 35.5. The van der Waals surface area contributed by atoms with Crippen molar-refractivity contribution < 1.29 is 0 Å². The molecule has 3 aromatic carbocycles. The fourth-order valence-electron chi connectivity index (χ4n) is 4.30. The summed E-state index contributed by atoms with van der Waals surface area (Å²) in [6.07, 6.45) is 0. The van der Waals surface area contributed by atoms with Crippen LogP contribution in [-0.2, 0) is 0 Å². The molecule has 0 heterocycles. The van der Waals surface area contributed by atoms with Gasteiger partial charge in [0.15, 0.2) is 0 Å². The van der Waals surface area contributed by atoms with E-state index in [0.29, 0.717) is 23.7 Å². The summed E-state index contributed by atoms with van der Waals surface area (Å²) in [6.45, 7) is 18.3. The van der Waals surface area contributed by atoms with Crippen molar-refractivity contribution in [1.29, 1.82) is 0 Å². The van der Waals surface area contributed by atoms with Crippen molar-refractivity contribution in [2.75, 3.05) is 0 Å². The minimum absolute atomic E-state index is 0.180. The Bertz CT molecular complexity index is 923. The Morgan fingerprint density at radius 1 is 0.406 bits per heavy atom. The Hall–Kier alpha value is -2.05. The molecular weight excluding hydrogens is 408 g/mol. The molecule has 0 atom stereocenters. The first-order chi connectivity index (χ1) is 15.1. The van der Waals surface area contributed by atoms with E-state index in [1.165, 1.54) is 38.9 Å². The van der Waals surface area contributed by atoms with Crippen molar-refractivity contribution >= 4 is 11.6 Å². The van der Waals surface area contributed by atoms with Crippen LogP contribution in [0.4, 0.5) is 0 Å². The fourth-order valence-corrected chi connectivity index (χ4v) is 4.43. The van der Waals surface area contributed by atoms with E-state index in [2.05, 4.69) is 104 Å². The van der Waals surface area contributed by atoms with Gasteiger partial charge in [-0.25, -0.2) is 0 Å². The molecule has 1 heteroatoms. The van der Waals surface area contributed by atoms with Gasteiger partial charge in [0.05, 0.1) is 0 Å². The van der Waals surface area contributed by atoms with E-state index in [-0.39, 0.29) is 5.92 Å². The van der Waals surface area contributed by atoms with Crippen LogP contribution in [0.1, 0.15) is 124 Å². The average Bonchev–Trinajstić information content (AvgIpc) is 2.74. The molecule has 3 rings (SSSR count). The van der Waals surface area contributed by atoms with Gasteiger partial charge < -0.3 is 0 Å². The van der Waals surface area contributed by atoms with Gasteiger partial charge in [0.1, 0.15) is 0 Å². The predicted octanol–water partition coefficient (Wildman–Crippen LogP) is 10.0. The average molecular weight is 447 g/mol. The molecule has 0 nitrogen and oxygen atoms in total. The maximum Gasteiger partial charge on any atom is 0.0406 e. The summed E-state index contributed by atoms with van der Waals surface area (Å²) in [5.41, 5.74) is 9.68. The zero-order chi connectivity index (χ0) is 23.6. The first-order valence-electron chi connectivity index (χ1n) is 12.1. The van der Waals surface area contributed by atoms with Gasteiger partial charge in [-0.05, 0) is 74.7 Å². The third-order valence-corrected chi connectivity index (χ3v) is 6.79. The van der Waals surface area contributed by atoms with E-state index in [9.17, 15) is 0 Å². The molecule has 0 amide bonds. The quantitative estimate of drug-likeness (QED) is 0.316. The normalized spacial score (nSPS) is 12.1. The van der Waals surface area contributed by atoms with Crippen LogP contribution in [0, 0.1) is 0 Å². The van der Waals surface area contributed by atoms with Gasteiger partial charge in [-0.1, -0.05) is 116 Å². The fraction of sp³-hybridized carbons (Fsp3) is 0.419. The molecule has 0 aromatic heterocycles. The van der Waals surface area contributed by atoms with Crippen LogP contribution in [0.2, 0.25) is 5.02 Å². The molecule has 0 N–H and O–H groups in total. The number of benzene rings is 3. The van der Waals surface area contributed by atoms with Crippen LogP contribution in [0.5, 0.6) is 0 Å². The number of halogens is 1. The van der Waals surface area contributed by atoms with Gasteiger partial charge in [0.2, 0.25) is 0 Å². The van der Waals surface area contributed by atoms with Crippen molar-refractivity contribution in [2.45, 2.75) is 85.0 Å². The lowest BCUT2D eigenvalue weighted by molar-refractivity contribution is 0.811. The van der Waals surface area contributed by atoms with Crippen molar-refractivity contribution in [3.8, 4) is 0 Å². The molecule has 0 radical (unpaired) electrons. The van der Waals surface area contributed by atoms with Gasteiger partial charge in [0, 0.05) is 10.9 Å². The van der Waals surface area contributed by atoms with E-state index in [4.69, 9.17) is 11.6 Å². The van der Waals surface area contributed by atoms with Crippen LogP contribution in [0.15, 0.2) is 60.7 Å². The first-order valence-corrected chi connectivity index (χ1v) is 12.5. The van der Waals surface area contributed by atoms with Gasteiger partial charge in [-0.3, -0.25) is 0 Å². The summed E-state index contributed by atoms with van der Waals surface area (Å²) < 4.78 is 0. The van der Waals surface area contributed by atoms with Crippen LogP contribution in [0.3, 0.4) is 0 Å². The topological polar surface area (TPSA) is 0 Å². The molecule has 3 aromatic rings. The Balaban J connectivity index is 2.31. The monoisotopic (exact) mass is 446 g/mol. The lowest BCUT2D eigenvalue weighted by Crippen LogP contribution is -2.08. The number of hydrogen-bond acceptors (Lipinski definition) is 0. The summed E-state index contributed by atoms with van der Waals surface area (Å²) >= 11 is 6.28. The van der Waals surface area contributed by atoms with E-state index in [1.807, 2.05) is 12.1 Å². The van der Waals surface area contributed by atoms with Crippen molar-refractivity contribution in [3.63, 3.8) is 0 Å². The lowest BCUT2D eigenvalue weighted by atomic mass is 9.79. The minimum Gasteiger partial charge on any atom is -0.0843 e. The van der Waals surface area contributed by atoms with Gasteiger partial charge >= 0.3 is 0 Å². The van der Waals surface area contributed by atoms with E-state index >= 15 is 0 Å². The lowest BCUT2D eigenvalue weighted by Gasteiger charge is -2.25. The van der Waals surface area contributed by atoms with Gasteiger partial charge in [-0.15, -0.1) is 0 Å². The number of rotatable bonds is 7. The maximum atomic E-state index is 6.28. The summed E-state index contributed by atoms with van der Waals surface area (Å²) in [5.74, 6) is 2.15. The minimum atomic E-state index is 0.180. The molecule has 0 aliphatic heterocycles. The second-order valence-corrected chi connectivity index (χ2v) is 10.9. The molecule has 0 saturated carbocycles. The summed E-state index contributed by atoms with van der Waals surface area (Å²) in [5, 5.41) is 0.783. The van der Waals surface area contributed by atoms with E-state index < -0.39 is 0 Å². The van der Waals surface area contributed by atoms with Crippen molar-refractivity contribution in [1.82, 2.24) is 0 Å². The summed E-state index contributed by atoms with van der Waals surface area (Å²) in [6, 6.07) is 22.9. The molecule has 0 fully saturated rings. The SMILES string of the molecule is CC(C)c1cc(C(C)C)cc(C(c2ccc(Cl)cc2)c2cc(C(C)C)cc(C(C)C)c2)c1. The number of hydrogen-bond donors (Lipinski definition) is 0. The van der Waals surface area contributed by atoms with E-state index in [0.717, 1.165) is 5.02 Å². The molecule has 0 bridgehead atoms. The van der Waals surface area contributed by atoms with Crippen molar-refractivity contribution in [2.24, 2.45) is 0 Å². The second-order valence-electron chi connectivity index (χ2n) is 10.5. The summed E-state index contributed by atoms with van der Waals surface area (Å²) in [4.78, 5) is 0. The van der Waals surface area contributed by atoms with Crippen LogP contribution >= 0.6 is 11.6 Å². The molecule has 0 spiro atoms. The predicted molar refractivity (Wildman–Crippen MR) is 142 cm³/mol. The molecule has 0 unspecified atom stereocenters. The smallest absolute Gasteiger partial charge is 0.0406 e. The molecular formula is C31H39Cl.